The van der Waals surface area contributed by atoms with E-state index in [0.717, 1.165) is 18.4 Å². The van der Waals surface area contributed by atoms with E-state index in [1.807, 2.05) is 5.38 Å². The summed E-state index contributed by atoms with van der Waals surface area (Å²) in [4.78, 5) is 23.3. The fourth-order valence-electron chi connectivity index (χ4n) is 3.47. The van der Waals surface area contributed by atoms with Gasteiger partial charge in [-0.25, -0.2) is 0 Å². The molecule has 0 aliphatic heterocycles. The molecular formula is C20H20F3NO4S. The van der Waals surface area contributed by atoms with E-state index in [0.29, 0.717) is 29.8 Å². The maximum Gasteiger partial charge on any atom is 0.573 e. The third kappa shape index (κ3) is 6.22. The fraction of sp³-hybridized carbons (Fsp3) is 0.400. The summed E-state index contributed by atoms with van der Waals surface area (Å²) in [5, 5.41) is 14.3. The number of anilines is 1. The first-order valence-corrected chi connectivity index (χ1v) is 10.0. The average Bonchev–Trinajstić information content (AvgIpc) is 3.09. The molecule has 0 bridgehead atoms. The molecule has 156 valence electrons. The zero-order valence-electron chi connectivity index (χ0n) is 15.4. The van der Waals surface area contributed by atoms with Crippen LogP contribution in [0.3, 0.4) is 0 Å². The third-order valence-corrected chi connectivity index (χ3v) is 5.80. The summed E-state index contributed by atoms with van der Waals surface area (Å²) < 4.78 is 40.5. The minimum atomic E-state index is -4.73. The molecule has 1 aliphatic carbocycles. The van der Waals surface area contributed by atoms with Gasteiger partial charge in [0, 0.05) is 11.8 Å². The van der Waals surface area contributed by atoms with Gasteiger partial charge in [0.25, 0.3) is 0 Å². The van der Waals surface area contributed by atoms with Crippen molar-refractivity contribution in [3.63, 3.8) is 0 Å². The van der Waals surface area contributed by atoms with Crippen LogP contribution in [0.25, 0.3) is 11.1 Å². The number of thiophene rings is 1. The number of carboxylic acid groups (broad SMARTS) is 1. The van der Waals surface area contributed by atoms with E-state index in [1.165, 1.54) is 35.6 Å². The lowest BCUT2D eigenvalue weighted by molar-refractivity contribution is -0.274. The Kier molecular flexibility index (Phi) is 6.46. The van der Waals surface area contributed by atoms with Crippen LogP contribution in [0.4, 0.5) is 18.2 Å². The number of amides is 1. The van der Waals surface area contributed by atoms with Crippen LogP contribution >= 0.6 is 11.3 Å². The van der Waals surface area contributed by atoms with Gasteiger partial charge in [0.2, 0.25) is 5.91 Å². The smallest absolute Gasteiger partial charge is 0.481 e. The second-order valence-corrected chi connectivity index (χ2v) is 7.99. The monoisotopic (exact) mass is 427 g/mol. The van der Waals surface area contributed by atoms with Crippen LogP contribution in [0.1, 0.15) is 32.1 Å². The van der Waals surface area contributed by atoms with E-state index in [2.05, 4.69) is 10.1 Å². The fourth-order valence-corrected chi connectivity index (χ4v) is 4.29. The number of nitrogens with one attached hydrogen (secondary N) is 1. The minimum Gasteiger partial charge on any atom is -0.481 e. The highest BCUT2D eigenvalue weighted by molar-refractivity contribution is 7.14. The number of carbonyl (C=O) groups is 2. The molecule has 1 heterocycles. The van der Waals surface area contributed by atoms with Crippen LogP contribution in [0.5, 0.6) is 5.75 Å². The second-order valence-electron chi connectivity index (χ2n) is 7.08. The van der Waals surface area contributed by atoms with Crippen molar-refractivity contribution in [2.75, 3.05) is 5.32 Å². The van der Waals surface area contributed by atoms with Gasteiger partial charge in [-0.15, -0.1) is 24.5 Å². The molecule has 1 amide bonds. The highest BCUT2D eigenvalue weighted by Crippen LogP contribution is 2.33. The van der Waals surface area contributed by atoms with Crippen molar-refractivity contribution in [3.05, 3.63) is 35.7 Å². The summed E-state index contributed by atoms with van der Waals surface area (Å²) in [6, 6.07) is 7.30. The second kappa shape index (κ2) is 8.86. The van der Waals surface area contributed by atoms with E-state index in [4.69, 9.17) is 5.11 Å². The molecule has 2 aromatic rings. The van der Waals surface area contributed by atoms with Crippen molar-refractivity contribution in [3.8, 4) is 16.9 Å². The molecule has 29 heavy (non-hydrogen) atoms. The zero-order valence-corrected chi connectivity index (χ0v) is 16.2. The molecule has 9 heteroatoms. The van der Waals surface area contributed by atoms with Crippen LogP contribution in [0, 0.1) is 11.8 Å². The number of ether oxygens (including phenoxy) is 1. The van der Waals surface area contributed by atoms with Gasteiger partial charge in [0.1, 0.15) is 5.75 Å². The molecule has 2 N–H and O–H groups in total. The van der Waals surface area contributed by atoms with Crippen LogP contribution < -0.4 is 10.1 Å². The SMILES string of the molecule is O=C(CC1CCC(C(=O)O)CC1)Nc1cc(-c2ccc(OC(F)(F)F)cc2)cs1. The molecular weight excluding hydrogens is 407 g/mol. The Bertz CT molecular complexity index is 855. The third-order valence-electron chi connectivity index (χ3n) is 4.95. The van der Waals surface area contributed by atoms with Gasteiger partial charge in [-0.2, -0.15) is 0 Å². The number of benzene rings is 1. The Hall–Kier alpha value is -2.55. The first-order chi connectivity index (χ1) is 13.7. The Morgan fingerprint density at radius 3 is 2.34 bits per heavy atom. The number of alkyl halides is 3. The molecule has 5 nitrogen and oxygen atoms in total. The van der Waals surface area contributed by atoms with E-state index in [1.54, 1.807) is 6.07 Å². The van der Waals surface area contributed by atoms with Gasteiger partial charge < -0.3 is 15.2 Å². The minimum absolute atomic E-state index is 0.119. The van der Waals surface area contributed by atoms with Crippen molar-refractivity contribution in [2.45, 2.75) is 38.5 Å². The standard InChI is InChI=1S/C20H20F3NO4S/c21-20(22,23)28-16-7-5-13(6-8-16)15-10-18(29-11-15)24-17(25)9-12-1-3-14(4-2-12)19(26)27/h5-8,10-12,14H,1-4,9H2,(H,24,25)(H,26,27). The summed E-state index contributed by atoms with van der Waals surface area (Å²) in [5.41, 5.74) is 1.49. The first-order valence-electron chi connectivity index (χ1n) is 9.17. The maximum atomic E-state index is 12.3. The summed E-state index contributed by atoms with van der Waals surface area (Å²) in [5.74, 6) is -1.29. The summed E-state index contributed by atoms with van der Waals surface area (Å²) in [7, 11) is 0. The Balaban J connectivity index is 1.52. The number of aliphatic carboxylic acids is 1. The average molecular weight is 427 g/mol. The number of rotatable bonds is 6. The number of hydrogen-bond donors (Lipinski definition) is 2. The summed E-state index contributed by atoms with van der Waals surface area (Å²) in [6.07, 6.45) is -1.72. The molecule has 0 atom stereocenters. The van der Waals surface area contributed by atoms with Crippen molar-refractivity contribution in [1.29, 1.82) is 0 Å². The van der Waals surface area contributed by atoms with Crippen molar-refractivity contribution in [1.82, 2.24) is 0 Å². The lowest BCUT2D eigenvalue weighted by Gasteiger charge is -2.25. The van der Waals surface area contributed by atoms with Crippen molar-refractivity contribution < 1.29 is 32.6 Å². The highest BCUT2D eigenvalue weighted by Gasteiger charge is 2.31. The molecule has 1 fully saturated rings. The van der Waals surface area contributed by atoms with Gasteiger partial charge >= 0.3 is 12.3 Å². The van der Waals surface area contributed by atoms with E-state index >= 15 is 0 Å². The van der Waals surface area contributed by atoms with Crippen LogP contribution in [0.15, 0.2) is 35.7 Å². The maximum absolute atomic E-state index is 12.3. The lowest BCUT2D eigenvalue weighted by atomic mass is 9.80. The van der Waals surface area contributed by atoms with Gasteiger partial charge in [0.15, 0.2) is 0 Å². The highest BCUT2D eigenvalue weighted by atomic mass is 32.1. The van der Waals surface area contributed by atoms with Crippen LogP contribution in [-0.2, 0) is 9.59 Å². The normalized spacial score (nSPS) is 19.6. The largest absolute Gasteiger partial charge is 0.573 e. The van der Waals surface area contributed by atoms with Crippen LogP contribution in [-0.4, -0.2) is 23.3 Å². The van der Waals surface area contributed by atoms with E-state index in [-0.39, 0.29) is 23.5 Å². The van der Waals surface area contributed by atoms with E-state index < -0.39 is 12.3 Å². The number of halogens is 3. The van der Waals surface area contributed by atoms with Crippen molar-refractivity contribution >= 4 is 28.2 Å². The predicted molar refractivity (Wildman–Crippen MR) is 103 cm³/mol. The topological polar surface area (TPSA) is 75.6 Å². The molecule has 1 aromatic carbocycles. The van der Waals surface area contributed by atoms with Gasteiger partial charge in [-0.1, -0.05) is 12.1 Å². The molecule has 1 aliphatic rings. The molecule has 3 rings (SSSR count). The van der Waals surface area contributed by atoms with E-state index in [9.17, 15) is 22.8 Å². The zero-order chi connectivity index (χ0) is 21.0. The Morgan fingerprint density at radius 2 is 1.76 bits per heavy atom. The first kappa shape index (κ1) is 21.2. The molecule has 1 aromatic heterocycles. The number of hydrogen-bond acceptors (Lipinski definition) is 4. The van der Waals surface area contributed by atoms with Gasteiger partial charge in [-0.05, 0) is 60.9 Å². The number of carbonyl (C=O) groups excluding carboxylic acids is 1. The lowest BCUT2D eigenvalue weighted by Crippen LogP contribution is -2.24. The summed E-state index contributed by atoms with van der Waals surface area (Å²) in [6.45, 7) is 0. The molecule has 0 radical (unpaired) electrons. The van der Waals surface area contributed by atoms with Gasteiger partial charge in [0.05, 0.1) is 10.9 Å². The van der Waals surface area contributed by atoms with Gasteiger partial charge in [-0.3, -0.25) is 9.59 Å². The van der Waals surface area contributed by atoms with Crippen LogP contribution in [0.2, 0.25) is 0 Å². The predicted octanol–water partition coefficient (Wildman–Crippen LogP) is 5.53. The molecule has 0 spiro atoms. The Labute approximate surface area is 169 Å². The molecule has 1 saturated carbocycles. The summed E-state index contributed by atoms with van der Waals surface area (Å²) >= 11 is 1.33. The molecule has 0 saturated heterocycles. The Morgan fingerprint density at radius 1 is 1.10 bits per heavy atom. The van der Waals surface area contributed by atoms with Crippen molar-refractivity contribution in [2.24, 2.45) is 11.8 Å². The quantitative estimate of drug-likeness (QED) is 0.635. The number of carboxylic acids is 1. The molecule has 0 unspecified atom stereocenters.